The summed E-state index contributed by atoms with van der Waals surface area (Å²) in [5.41, 5.74) is 4.70. The Morgan fingerprint density at radius 1 is 1.26 bits per heavy atom. The van der Waals surface area contributed by atoms with E-state index < -0.39 is 0 Å². The predicted octanol–water partition coefficient (Wildman–Crippen LogP) is 6.07. The Bertz CT molecular complexity index is 1600. The van der Waals surface area contributed by atoms with Crippen molar-refractivity contribution in [1.82, 2.24) is 19.8 Å². The number of halogens is 3. The topological polar surface area (TPSA) is 83.2 Å². The molecular weight excluding hydrogens is 585 g/mol. The van der Waals surface area contributed by atoms with Gasteiger partial charge in [-0.25, -0.2) is 14.2 Å². The lowest BCUT2D eigenvalue weighted by molar-refractivity contribution is 0.240. The summed E-state index contributed by atoms with van der Waals surface area (Å²) in [5.74, 6) is 0.210. The zero-order chi connectivity index (χ0) is 26.6. The van der Waals surface area contributed by atoms with Gasteiger partial charge in [-0.1, -0.05) is 34.1 Å². The van der Waals surface area contributed by atoms with Crippen molar-refractivity contribution in [3.05, 3.63) is 99.0 Å². The second-order valence-corrected chi connectivity index (χ2v) is 9.94. The van der Waals surface area contributed by atoms with Crippen LogP contribution in [0.2, 0.25) is 0 Å². The number of pyridine rings is 1. The first kappa shape index (κ1) is 28.3. The number of amides is 1. The van der Waals surface area contributed by atoms with E-state index in [1.807, 2.05) is 30.3 Å². The number of hydrogen-bond acceptors (Lipinski definition) is 5. The molecule has 0 fully saturated rings. The Morgan fingerprint density at radius 2 is 2.10 bits per heavy atom. The summed E-state index contributed by atoms with van der Waals surface area (Å²) in [4.78, 5) is 19.8. The average Bonchev–Trinajstić information content (AvgIpc) is 3.26. The second kappa shape index (κ2) is 12.4. The highest BCUT2D eigenvalue weighted by Gasteiger charge is 2.26. The molecule has 0 saturated heterocycles. The van der Waals surface area contributed by atoms with Gasteiger partial charge in [-0.05, 0) is 47.5 Å². The molecule has 1 aliphatic heterocycles. The molecule has 2 aromatic heterocycles. The molecule has 200 valence electrons. The molecule has 7 nitrogen and oxygen atoms in total. The minimum absolute atomic E-state index is 0. The van der Waals surface area contributed by atoms with Crippen molar-refractivity contribution in [2.45, 2.75) is 19.5 Å². The monoisotopic (exact) mass is 609 g/mol. The summed E-state index contributed by atoms with van der Waals surface area (Å²) in [6.45, 7) is 2.33. The Morgan fingerprint density at radius 3 is 2.87 bits per heavy atom. The Hall–Kier alpha value is -3.71. The van der Waals surface area contributed by atoms with Gasteiger partial charge in [0.05, 0.1) is 24.3 Å². The summed E-state index contributed by atoms with van der Waals surface area (Å²) >= 11 is 3.28. The van der Waals surface area contributed by atoms with Crippen LogP contribution in [0.25, 0.3) is 17.0 Å². The van der Waals surface area contributed by atoms with Crippen molar-refractivity contribution < 1.29 is 13.9 Å². The molecule has 2 aromatic carbocycles. The Kier molecular flexibility index (Phi) is 9.02. The minimum Gasteiger partial charge on any atom is -0.481 e. The van der Waals surface area contributed by atoms with Gasteiger partial charge in [0, 0.05) is 66.0 Å². The maximum Gasteiger partial charge on any atom is 0.326 e. The molecule has 0 radical (unpaired) electrons. The van der Waals surface area contributed by atoms with Crippen LogP contribution in [0.1, 0.15) is 27.9 Å². The van der Waals surface area contributed by atoms with Gasteiger partial charge in [0.1, 0.15) is 5.82 Å². The van der Waals surface area contributed by atoms with Crippen LogP contribution < -0.4 is 10.1 Å². The summed E-state index contributed by atoms with van der Waals surface area (Å²) < 4.78 is 21.8. The molecule has 3 heterocycles. The van der Waals surface area contributed by atoms with E-state index in [0.29, 0.717) is 47.5 Å². The highest BCUT2D eigenvalue weighted by molar-refractivity contribution is 9.10. The van der Waals surface area contributed by atoms with Crippen LogP contribution in [-0.4, -0.2) is 40.7 Å². The molecule has 1 N–H and O–H groups in total. The van der Waals surface area contributed by atoms with E-state index in [1.54, 1.807) is 42.1 Å². The fourth-order valence-corrected chi connectivity index (χ4v) is 5.10. The van der Waals surface area contributed by atoms with Gasteiger partial charge < -0.3 is 10.1 Å². The number of nitrogens with one attached hydrogen (secondary N) is 1. The zero-order valence-electron chi connectivity index (χ0n) is 21.2. The van der Waals surface area contributed by atoms with Gasteiger partial charge in [-0.3, -0.25) is 9.47 Å². The summed E-state index contributed by atoms with van der Waals surface area (Å²) in [6, 6.07) is 16.0. The largest absolute Gasteiger partial charge is 0.481 e. The van der Waals surface area contributed by atoms with Crippen LogP contribution in [0.4, 0.5) is 9.18 Å². The SMILES string of the molecule is COc1cc(CNC(=O)n2c3c(c4cc(C#N)ccc42)CN(C/C=C/c2ccc(Br)cc2F)CC3)ccn1.Cl. The van der Waals surface area contributed by atoms with Crippen molar-refractivity contribution in [2.75, 3.05) is 20.2 Å². The molecule has 0 bridgehead atoms. The van der Waals surface area contributed by atoms with Crippen molar-refractivity contribution in [1.29, 1.82) is 5.26 Å². The normalized spacial score (nSPS) is 13.1. The van der Waals surface area contributed by atoms with Crippen LogP contribution in [0.15, 0.2) is 65.3 Å². The van der Waals surface area contributed by atoms with Gasteiger partial charge in [0.15, 0.2) is 0 Å². The first-order valence-corrected chi connectivity index (χ1v) is 12.9. The van der Waals surface area contributed by atoms with Gasteiger partial charge in [-0.15, -0.1) is 12.4 Å². The average molecular weight is 611 g/mol. The van der Waals surface area contributed by atoms with Crippen LogP contribution in [0.3, 0.4) is 0 Å². The van der Waals surface area contributed by atoms with Crippen LogP contribution >= 0.6 is 28.3 Å². The lowest BCUT2D eigenvalue weighted by atomic mass is 10.0. The Labute approximate surface area is 240 Å². The first-order chi connectivity index (χ1) is 18.5. The van der Waals surface area contributed by atoms with Crippen LogP contribution in [-0.2, 0) is 19.5 Å². The molecule has 10 heteroatoms. The second-order valence-electron chi connectivity index (χ2n) is 9.02. The van der Waals surface area contributed by atoms with E-state index in [1.165, 1.54) is 6.07 Å². The number of aromatic nitrogens is 2. The maximum absolute atomic E-state index is 14.2. The third-order valence-electron chi connectivity index (χ3n) is 6.64. The van der Waals surface area contributed by atoms with Crippen LogP contribution in [0.5, 0.6) is 5.88 Å². The number of benzene rings is 2. The van der Waals surface area contributed by atoms with E-state index in [4.69, 9.17) is 4.74 Å². The Balaban J connectivity index is 0.00000353. The van der Waals surface area contributed by atoms with E-state index in [2.05, 4.69) is 37.2 Å². The minimum atomic E-state index is -0.278. The summed E-state index contributed by atoms with van der Waals surface area (Å²) in [6.07, 6.45) is 6.05. The molecule has 39 heavy (non-hydrogen) atoms. The van der Waals surface area contributed by atoms with Gasteiger partial charge in [0.25, 0.3) is 0 Å². The van der Waals surface area contributed by atoms with E-state index in [0.717, 1.165) is 34.3 Å². The first-order valence-electron chi connectivity index (χ1n) is 12.1. The van der Waals surface area contributed by atoms with Crippen molar-refractivity contribution >= 4 is 51.3 Å². The summed E-state index contributed by atoms with van der Waals surface area (Å²) in [7, 11) is 1.55. The number of fused-ring (bicyclic) bond motifs is 3. The molecule has 0 unspecified atom stereocenters. The molecule has 4 aromatic rings. The molecule has 1 aliphatic rings. The number of carbonyl (C=O) groups excluding carboxylic acids is 1. The number of carbonyl (C=O) groups is 1. The molecule has 5 rings (SSSR count). The van der Waals surface area contributed by atoms with Crippen molar-refractivity contribution in [3.63, 3.8) is 0 Å². The van der Waals surface area contributed by atoms with E-state index in [-0.39, 0.29) is 24.3 Å². The van der Waals surface area contributed by atoms with E-state index in [9.17, 15) is 14.4 Å². The molecule has 0 atom stereocenters. The van der Waals surface area contributed by atoms with Gasteiger partial charge in [0.2, 0.25) is 5.88 Å². The number of nitriles is 1. The standard InChI is InChI=1S/C29H25BrFN5O2.ClH/c1-38-28-14-20(8-10-33-28)17-34-29(37)36-26-7-4-19(16-32)13-23(26)24-18-35(12-9-27(24)36)11-2-3-21-5-6-22(30)15-25(21)31;/h2-8,10,13-15H,9,11-12,17-18H2,1H3,(H,34,37);1H/b3-2+;. The fourth-order valence-electron chi connectivity index (χ4n) is 4.77. The summed E-state index contributed by atoms with van der Waals surface area (Å²) in [5, 5.41) is 13.4. The molecule has 0 saturated carbocycles. The smallest absolute Gasteiger partial charge is 0.326 e. The highest BCUT2D eigenvalue weighted by Crippen LogP contribution is 2.32. The third kappa shape index (κ3) is 6.14. The van der Waals surface area contributed by atoms with Gasteiger partial charge >= 0.3 is 6.03 Å². The molecule has 0 spiro atoms. The van der Waals surface area contributed by atoms with E-state index >= 15 is 0 Å². The van der Waals surface area contributed by atoms with Crippen molar-refractivity contribution in [3.8, 4) is 11.9 Å². The molecule has 0 aliphatic carbocycles. The lowest BCUT2D eigenvalue weighted by Gasteiger charge is -2.27. The fraction of sp³-hybridized carbons (Fsp3) is 0.207. The van der Waals surface area contributed by atoms with Gasteiger partial charge in [-0.2, -0.15) is 5.26 Å². The zero-order valence-corrected chi connectivity index (χ0v) is 23.6. The predicted molar refractivity (Wildman–Crippen MR) is 154 cm³/mol. The quantitative estimate of drug-likeness (QED) is 0.287. The number of nitrogens with zero attached hydrogens (tertiary/aromatic N) is 4. The number of hydrogen-bond donors (Lipinski definition) is 1. The molecule has 1 amide bonds. The lowest BCUT2D eigenvalue weighted by Crippen LogP contribution is -2.34. The van der Waals surface area contributed by atoms with Crippen molar-refractivity contribution in [2.24, 2.45) is 0 Å². The number of methoxy groups -OCH3 is 1. The third-order valence-corrected chi connectivity index (χ3v) is 7.13. The highest BCUT2D eigenvalue weighted by atomic mass is 79.9. The molecular formula is C29H26BrClFN5O2. The number of rotatable bonds is 6. The maximum atomic E-state index is 14.2. The number of ether oxygens (including phenoxy) is 1. The van der Waals surface area contributed by atoms with Crippen LogP contribution in [0, 0.1) is 17.1 Å².